The van der Waals surface area contributed by atoms with Crippen molar-refractivity contribution in [1.29, 1.82) is 0 Å². The first-order chi connectivity index (χ1) is 22.0. The fourth-order valence-corrected chi connectivity index (χ4v) is 6.23. The third-order valence-corrected chi connectivity index (χ3v) is 8.96. The van der Waals surface area contributed by atoms with Gasteiger partial charge in [0, 0.05) is 11.6 Å². The average Bonchev–Trinajstić information content (AvgIpc) is 3.02. The molecule has 3 aliphatic heterocycles. The molecule has 4 fully saturated rings. The second-order valence-corrected chi connectivity index (χ2v) is 13.5. The lowest BCUT2D eigenvalue weighted by atomic mass is 9.69. The number of pyridine rings is 2. The van der Waals surface area contributed by atoms with Crippen LogP contribution in [0.25, 0.3) is 11.0 Å². The van der Waals surface area contributed by atoms with Crippen molar-refractivity contribution in [2.75, 3.05) is 19.8 Å². The monoisotopic (exact) mass is 636 g/mol. The molecule has 2 aromatic heterocycles. The van der Waals surface area contributed by atoms with E-state index in [0.717, 1.165) is 31.2 Å². The fraction of sp³-hybridized carbons (Fsp3) is 0.529. The number of hydrogen-bond acceptors (Lipinski definition) is 9. The lowest BCUT2D eigenvalue weighted by Crippen LogP contribution is -2.63. The van der Waals surface area contributed by atoms with Crippen LogP contribution in [-0.2, 0) is 32.0 Å². The molecule has 246 valence electrons. The highest BCUT2D eigenvalue weighted by atomic mass is 19.1. The molecule has 4 aliphatic rings. The van der Waals surface area contributed by atoms with Crippen LogP contribution in [0.3, 0.4) is 0 Å². The van der Waals surface area contributed by atoms with E-state index in [-0.39, 0.29) is 31.0 Å². The van der Waals surface area contributed by atoms with Crippen LogP contribution >= 0.6 is 0 Å². The molecule has 7 rings (SSSR count). The maximum absolute atomic E-state index is 15.2. The normalized spacial score (nSPS) is 25.4. The molecule has 0 radical (unpaired) electrons. The number of aromatic nitrogens is 2. The van der Waals surface area contributed by atoms with E-state index in [0.29, 0.717) is 48.5 Å². The minimum absolute atomic E-state index is 0.149. The number of aryl methyl sites for hydroxylation is 1. The van der Waals surface area contributed by atoms with E-state index in [1.807, 2.05) is 51.1 Å². The van der Waals surface area contributed by atoms with Crippen molar-refractivity contribution in [2.45, 2.75) is 94.8 Å². The minimum atomic E-state index is -0.575. The summed E-state index contributed by atoms with van der Waals surface area (Å²) in [6.07, 6.45) is 3.97. The van der Waals surface area contributed by atoms with Gasteiger partial charge in [-0.2, -0.15) is 0 Å². The first kappa shape index (κ1) is 31.9. The van der Waals surface area contributed by atoms with E-state index < -0.39 is 29.1 Å². The molecule has 1 saturated carbocycles. The molecule has 1 aliphatic carbocycles. The predicted octanol–water partition coefficient (Wildman–Crippen LogP) is 5.38. The second kappa shape index (κ2) is 13.0. The number of alkyl carbamates (subject to hydrolysis) is 2. The molecule has 0 spiro atoms. The SMILES string of the molecule is CC(C)(C)OC(=O)NC12CCC(CCc3c(F)cnc4ccc(OC[C@@H]5OC[C@@H]5NC(=O)OCc5ccccc5)nc34)(CC1)OC2. The maximum atomic E-state index is 15.2. The summed E-state index contributed by atoms with van der Waals surface area (Å²) in [4.78, 5) is 33.5. The molecule has 5 heterocycles. The number of carbonyl (C=O) groups excluding carboxylic acids is 2. The van der Waals surface area contributed by atoms with Gasteiger partial charge in [0.2, 0.25) is 5.88 Å². The van der Waals surface area contributed by atoms with E-state index in [1.165, 1.54) is 6.20 Å². The molecule has 3 saturated heterocycles. The zero-order valence-corrected chi connectivity index (χ0v) is 26.5. The molecular formula is C34H41FN4O7. The minimum Gasteiger partial charge on any atom is -0.475 e. The smallest absolute Gasteiger partial charge is 0.408 e. The van der Waals surface area contributed by atoms with E-state index in [9.17, 15) is 9.59 Å². The summed E-state index contributed by atoms with van der Waals surface area (Å²) in [5.74, 6) is -0.119. The highest BCUT2D eigenvalue weighted by molar-refractivity contribution is 5.78. The Hall–Kier alpha value is -4.03. The van der Waals surface area contributed by atoms with Crippen molar-refractivity contribution in [1.82, 2.24) is 20.6 Å². The highest BCUT2D eigenvalue weighted by Crippen LogP contribution is 2.46. The third-order valence-electron chi connectivity index (χ3n) is 8.96. The van der Waals surface area contributed by atoms with Crippen LogP contribution in [-0.4, -0.2) is 70.9 Å². The van der Waals surface area contributed by atoms with Gasteiger partial charge in [0.1, 0.15) is 30.7 Å². The van der Waals surface area contributed by atoms with Crippen molar-refractivity contribution in [3.8, 4) is 5.88 Å². The fourth-order valence-electron chi connectivity index (χ4n) is 6.23. The Balaban J connectivity index is 1.03. The van der Waals surface area contributed by atoms with Crippen LogP contribution in [0.5, 0.6) is 5.88 Å². The van der Waals surface area contributed by atoms with Crippen molar-refractivity contribution in [2.24, 2.45) is 0 Å². The van der Waals surface area contributed by atoms with Gasteiger partial charge in [-0.05, 0) is 70.9 Å². The van der Waals surface area contributed by atoms with Gasteiger partial charge in [0.25, 0.3) is 0 Å². The summed E-state index contributed by atoms with van der Waals surface area (Å²) in [6.45, 7) is 6.58. The van der Waals surface area contributed by atoms with Crippen molar-refractivity contribution >= 4 is 23.2 Å². The Labute approximate surface area is 267 Å². The Morgan fingerprint density at radius 3 is 2.52 bits per heavy atom. The number of benzene rings is 1. The molecule has 0 unspecified atom stereocenters. The Kier molecular flexibility index (Phi) is 9.02. The number of nitrogens with one attached hydrogen (secondary N) is 2. The van der Waals surface area contributed by atoms with Crippen molar-refractivity contribution < 1.29 is 37.7 Å². The molecular weight excluding hydrogens is 595 g/mol. The number of fused-ring (bicyclic) bond motifs is 4. The van der Waals surface area contributed by atoms with Gasteiger partial charge in [0.15, 0.2) is 0 Å². The van der Waals surface area contributed by atoms with Gasteiger partial charge >= 0.3 is 12.2 Å². The largest absolute Gasteiger partial charge is 0.475 e. The quantitative estimate of drug-likeness (QED) is 0.301. The van der Waals surface area contributed by atoms with Crippen LogP contribution in [0.4, 0.5) is 14.0 Å². The summed E-state index contributed by atoms with van der Waals surface area (Å²) in [7, 11) is 0. The van der Waals surface area contributed by atoms with Gasteiger partial charge in [-0.1, -0.05) is 30.3 Å². The number of nitrogens with zero attached hydrogens (tertiary/aromatic N) is 2. The molecule has 2 N–H and O–H groups in total. The molecule has 12 heteroatoms. The van der Waals surface area contributed by atoms with Gasteiger partial charge in [-0.3, -0.25) is 4.98 Å². The number of amides is 2. The number of ether oxygens (including phenoxy) is 5. The van der Waals surface area contributed by atoms with Crippen molar-refractivity contribution in [3.05, 3.63) is 65.6 Å². The van der Waals surface area contributed by atoms with Crippen LogP contribution in [0.1, 0.15) is 64.0 Å². The van der Waals surface area contributed by atoms with E-state index in [2.05, 4.69) is 20.6 Å². The molecule has 11 nitrogen and oxygen atoms in total. The van der Waals surface area contributed by atoms with Gasteiger partial charge in [-0.25, -0.2) is 19.0 Å². The molecule has 2 bridgehead atoms. The lowest BCUT2D eigenvalue weighted by molar-refractivity contribution is -0.163. The lowest BCUT2D eigenvalue weighted by Gasteiger charge is -2.53. The molecule has 46 heavy (non-hydrogen) atoms. The molecule has 2 atom stereocenters. The summed E-state index contributed by atoms with van der Waals surface area (Å²) < 4.78 is 43.8. The zero-order chi connectivity index (χ0) is 32.4. The molecule has 1 aromatic carbocycles. The first-order valence-electron chi connectivity index (χ1n) is 15.8. The van der Waals surface area contributed by atoms with E-state index >= 15 is 4.39 Å². The molecule has 3 aromatic rings. The number of hydrogen-bond donors (Lipinski definition) is 2. The van der Waals surface area contributed by atoms with Crippen LogP contribution in [0.15, 0.2) is 48.7 Å². The average molecular weight is 637 g/mol. The first-order valence-corrected chi connectivity index (χ1v) is 15.8. The molecule has 2 amide bonds. The van der Waals surface area contributed by atoms with Gasteiger partial charge in [-0.15, -0.1) is 0 Å². The Bertz CT molecular complexity index is 1540. The highest BCUT2D eigenvalue weighted by Gasteiger charge is 2.50. The van der Waals surface area contributed by atoms with Gasteiger partial charge < -0.3 is 34.3 Å². The van der Waals surface area contributed by atoms with Crippen LogP contribution < -0.4 is 15.4 Å². The standard InChI is InChI=1S/C34H41FN4O7/c1-32(2,3)46-31(41)39-33-13-15-34(16-14-33,45-21-33)12-11-23-24(35)17-36-25-9-10-28(38-29(23)25)43-20-27-26(19-42-27)37-30(40)44-18-22-7-5-4-6-8-22/h4-10,17,26-27H,11-16,18-21H2,1-3H3,(H,37,40)(H,39,41)/t26-,27-,33?,34?/m0/s1. The third kappa shape index (κ3) is 7.50. The van der Waals surface area contributed by atoms with Crippen LogP contribution in [0.2, 0.25) is 0 Å². The summed E-state index contributed by atoms with van der Waals surface area (Å²) >= 11 is 0. The second-order valence-electron chi connectivity index (χ2n) is 13.5. The predicted molar refractivity (Wildman–Crippen MR) is 166 cm³/mol. The summed E-state index contributed by atoms with van der Waals surface area (Å²) in [5.41, 5.74) is 0.963. The van der Waals surface area contributed by atoms with Gasteiger partial charge in [0.05, 0.1) is 47.6 Å². The van der Waals surface area contributed by atoms with Crippen LogP contribution in [0, 0.1) is 5.82 Å². The number of rotatable bonds is 10. The number of halogens is 1. The van der Waals surface area contributed by atoms with Crippen molar-refractivity contribution in [3.63, 3.8) is 0 Å². The topological polar surface area (TPSA) is 130 Å². The number of carbonyl (C=O) groups is 2. The summed E-state index contributed by atoms with van der Waals surface area (Å²) in [6, 6.07) is 12.6. The van der Waals surface area contributed by atoms with E-state index in [1.54, 1.807) is 12.1 Å². The Morgan fingerprint density at radius 2 is 1.85 bits per heavy atom. The summed E-state index contributed by atoms with van der Waals surface area (Å²) in [5, 5.41) is 5.86. The Morgan fingerprint density at radius 1 is 1.07 bits per heavy atom. The van der Waals surface area contributed by atoms with E-state index in [4.69, 9.17) is 23.7 Å². The maximum Gasteiger partial charge on any atom is 0.408 e. The zero-order valence-electron chi connectivity index (χ0n) is 26.5.